The number of aliphatic hydroxyl groups excluding tert-OH is 1. The molecule has 0 radical (unpaired) electrons. The zero-order valence-electron chi connectivity index (χ0n) is 9.12. The quantitative estimate of drug-likeness (QED) is 0.761. The number of hydrogen-bond acceptors (Lipinski definition) is 3. The molecule has 0 aromatic carbocycles. The summed E-state index contributed by atoms with van der Waals surface area (Å²) in [5.74, 6) is 0.932. The Morgan fingerprint density at radius 3 is 2.73 bits per heavy atom. The first-order chi connectivity index (χ1) is 6.98. The lowest BCUT2D eigenvalue weighted by molar-refractivity contribution is -0.122. The summed E-state index contributed by atoms with van der Waals surface area (Å²) in [5.41, 5.74) is 4.49. The van der Waals surface area contributed by atoms with Crippen LogP contribution in [0, 0.1) is 0 Å². The summed E-state index contributed by atoms with van der Waals surface area (Å²) >= 11 is 0. The average molecular weight is 211 g/mol. The van der Waals surface area contributed by atoms with Crippen LogP contribution in [0.5, 0.6) is 0 Å². The molecule has 4 heteroatoms. The van der Waals surface area contributed by atoms with Gasteiger partial charge in [0.2, 0.25) is 5.91 Å². The van der Waals surface area contributed by atoms with E-state index < -0.39 is 11.3 Å². The van der Waals surface area contributed by atoms with Crippen molar-refractivity contribution in [3.05, 3.63) is 23.7 Å². The van der Waals surface area contributed by atoms with E-state index in [2.05, 4.69) is 0 Å². The molecule has 0 unspecified atom stereocenters. The van der Waals surface area contributed by atoms with Gasteiger partial charge in [-0.2, -0.15) is 0 Å². The van der Waals surface area contributed by atoms with Gasteiger partial charge in [0, 0.05) is 13.0 Å². The van der Waals surface area contributed by atoms with Crippen LogP contribution in [0.4, 0.5) is 0 Å². The number of nitrogens with two attached hydrogens (primary N) is 1. The molecule has 0 saturated carbocycles. The monoisotopic (exact) mass is 211 g/mol. The van der Waals surface area contributed by atoms with Crippen LogP contribution in [0.1, 0.15) is 31.8 Å². The first-order valence-corrected chi connectivity index (χ1v) is 4.98. The number of rotatable bonds is 5. The number of aliphatic hydroxyl groups is 1. The number of carbonyl (C=O) groups excluding carboxylic acids is 1. The van der Waals surface area contributed by atoms with Gasteiger partial charge < -0.3 is 15.3 Å². The zero-order chi connectivity index (χ0) is 11.5. The summed E-state index contributed by atoms with van der Waals surface area (Å²) in [4.78, 5) is 11.2. The summed E-state index contributed by atoms with van der Waals surface area (Å²) < 4.78 is 5.50. The molecule has 4 nitrogen and oxygen atoms in total. The highest BCUT2D eigenvalue weighted by atomic mass is 16.3. The van der Waals surface area contributed by atoms with Crippen molar-refractivity contribution < 1.29 is 14.3 Å². The molecule has 0 fully saturated rings. The molecule has 3 N–H and O–H groups in total. The maximum Gasteiger partial charge on any atom is 0.230 e. The molecule has 1 aromatic heterocycles. The molecule has 1 rings (SSSR count). The van der Waals surface area contributed by atoms with E-state index in [0.29, 0.717) is 18.6 Å². The minimum Gasteiger partial charge on any atom is -0.465 e. The third-order valence-electron chi connectivity index (χ3n) is 2.47. The molecule has 0 spiro atoms. The molecule has 1 heterocycles. The van der Waals surface area contributed by atoms with Gasteiger partial charge in [0.25, 0.3) is 0 Å². The Bertz CT molecular complexity index is 341. The summed E-state index contributed by atoms with van der Waals surface area (Å²) in [6.07, 6.45) is 1.33. The normalized spacial score (nSPS) is 11.7. The van der Waals surface area contributed by atoms with Gasteiger partial charge in [-0.3, -0.25) is 4.79 Å². The van der Waals surface area contributed by atoms with E-state index in [0.717, 1.165) is 5.76 Å². The molecule has 0 aliphatic rings. The molecular formula is C11H17NO3. The van der Waals surface area contributed by atoms with Crippen molar-refractivity contribution >= 4 is 5.91 Å². The number of amides is 1. The van der Waals surface area contributed by atoms with E-state index >= 15 is 0 Å². The van der Waals surface area contributed by atoms with Crippen LogP contribution >= 0.6 is 0 Å². The molecule has 0 atom stereocenters. The molecule has 1 amide bonds. The Kier molecular flexibility index (Phi) is 3.52. The topological polar surface area (TPSA) is 76.5 Å². The predicted octanol–water partition coefficient (Wildman–Crippen LogP) is 0.967. The molecule has 0 aliphatic carbocycles. The van der Waals surface area contributed by atoms with Crippen LogP contribution in [-0.2, 0) is 16.6 Å². The lowest BCUT2D eigenvalue weighted by Gasteiger charge is -2.16. The van der Waals surface area contributed by atoms with E-state index in [9.17, 15) is 4.79 Å². The highest BCUT2D eigenvalue weighted by molar-refractivity contribution is 5.84. The average Bonchev–Trinajstić information content (AvgIpc) is 2.63. The number of hydrogen-bond donors (Lipinski definition) is 2. The van der Waals surface area contributed by atoms with Gasteiger partial charge in [-0.1, -0.05) is 0 Å². The van der Waals surface area contributed by atoms with Crippen molar-refractivity contribution in [3.63, 3.8) is 0 Å². The summed E-state index contributed by atoms with van der Waals surface area (Å²) in [6, 6.07) is 3.58. The van der Waals surface area contributed by atoms with Crippen LogP contribution in [0.2, 0.25) is 0 Å². The molecule has 0 saturated heterocycles. The lowest BCUT2D eigenvalue weighted by Crippen LogP contribution is -2.35. The van der Waals surface area contributed by atoms with Gasteiger partial charge in [-0.15, -0.1) is 0 Å². The second-order valence-electron chi connectivity index (χ2n) is 4.08. The fourth-order valence-electron chi connectivity index (χ4n) is 1.22. The van der Waals surface area contributed by atoms with Crippen molar-refractivity contribution in [1.82, 2.24) is 0 Å². The first kappa shape index (κ1) is 11.8. The van der Waals surface area contributed by atoms with Gasteiger partial charge in [0.1, 0.15) is 16.9 Å². The molecule has 84 valence electrons. The highest BCUT2D eigenvalue weighted by Crippen LogP contribution is 2.25. The summed E-state index contributed by atoms with van der Waals surface area (Å²) in [7, 11) is 0. The zero-order valence-corrected chi connectivity index (χ0v) is 9.12. The third kappa shape index (κ3) is 2.59. The Morgan fingerprint density at radius 2 is 2.20 bits per heavy atom. The Morgan fingerprint density at radius 1 is 1.53 bits per heavy atom. The fraction of sp³-hybridized carbons (Fsp3) is 0.545. The van der Waals surface area contributed by atoms with E-state index in [4.69, 9.17) is 15.3 Å². The van der Waals surface area contributed by atoms with Gasteiger partial charge in [0.05, 0.1) is 0 Å². The van der Waals surface area contributed by atoms with Crippen LogP contribution in [0.25, 0.3) is 0 Å². The van der Waals surface area contributed by atoms with E-state index in [1.165, 1.54) is 0 Å². The van der Waals surface area contributed by atoms with E-state index in [1.54, 1.807) is 19.9 Å². The number of primary amides is 1. The van der Waals surface area contributed by atoms with Crippen LogP contribution in [0.15, 0.2) is 16.5 Å². The predicted molar refractivity (Wildman–Crippen MR) is 56.3 cm³/mol. The first-order valence-electron chi connectivity index (χ1n) is 4.98. The van der Waals surface area contributed by atoms with E-state index in [-0.39, 0.29) is 6.61 Å². The van der Waals surface area contributed by atoms with Crippen molar-refractivity contribution in [2.24, 2.45) is 5.73 Å². The molecule has 0 bridgehead atoms. The van der Waals surface area contributed by atoms with Gasteiger partial charge in [-0.25, -0.2) is 0 Å². The smallest absolute Gasteiger partial charge is 0.230 e. The maximum atomic E-state index is 11.2. The Labute approximate surface area is 89.1 Å². The molecule has 0 aliphatic heterocycles. The maximum absolute atomic E-state index is 11.2. The fourth-order valence-corrected chi connectivity index (χ4v) is 1.22. The van der Waals surface area contributed by atoms with Gasteiger partial charge in [-0.05, 0) is 32.4 Å². The molecule has 1 aromatic rings. The van der Waals surface area contributed by atoms with Gasteiger partial charge >= 0.3 is 0 Å². The summed E-state index contributed by atoms with van der Waals surface area (Å²) in [5, 5.41) is 8.67. The van der Waals surface area contributed by atoms with Crippen molar-refractivity contribution in [2.45, 2.75) is 32.1 Å². The third-order valence-corrected chi connectivity index (χ3v) is 2.47. The van der Waals surface area contributed by atoms with Crippen molar-refractivity contribution in [2.75, 3.05) is 6.61 Å². The lowest BCUT2D eigenvalue weighted by atomic mass is 9.90. The highest BCUT2D eigenvalue weighted by Gasteiger charge is 2.30. The Hall–Kier alpha value is -1.29. The second kappa shape index (κ2) is 4.49. The van der Waals surface area contributed by atoms with Crippen LogP contribution in [-0.4, -0.2) is 17.6 Å². The standard InChI is InChI=1S/C11H17NO3/c1-11(2,10(12)14)9-6-5-8(15-9)4-3-7-13/h5-6,13H,3-4,7H2,1-2H3,(H2,12,14). The Balaban J connectivity index is 2.79. The van der Waals surface area contributed by atoms with E-state index in [1.807, 2.05) is 6.07 Å². The number of carbonyl (C=O) groups is 1. The van der Waals surface area contributed by atoms with Crippen molar-refractivity contribution in [3.8, 4) is 0 Å². The minimum absolute atomic E-state index is 0.134. The minimum atomic E-state index is -0.780. The molecule has 15 heavy (non-hydrogen) atoms. The second-order valence-corrected chi connectivity index (χ2v) is 4.08. The van der Waals surface area contributed by atoms with Crippen LogP contribution in [0.3, 0.4) is 0 Å². The summed E-state index contributed by atoms with van der Waals surface area (Å²) in [6.45, 7) is 3.59. The van der Waals surface area contributed by atoms with Crippen LogP contribution < -0.4 is 5.73 Å². The largest absolute Gasteiger partial charge is 0.465 e. The SMILES string of the molecule is CC(C)(C(N)=O)c1ccc(CCCO)o1. The van der Waals surface area contributed by atoms with Crippen molar-refractivity contribution in [1.29, 1.82) is 0 Å². The molecular weight excluding hydrogens is 194 g/mol. The number of aryl methyl sites for hydroxylation is 1. The number of furan rings is 1. The van der Waals surface area contributed by atoms with Gasteiger partial charge in [0.15, 0.2) is 0 Å².